The number of amides is 1. The second-order valence-electron chi connectivity index (χ2n) is 4.47. The third kappa shape index (κ3) is 2.11. The van der Waals surface area contributed by atoms with Gasteiger partial charge < -0.3 is 4.90 Å². The summed E-state index contributed by atoms with van der Waals surface area (Å²) < 4.78 is 0. The molecule has 0 saturated carbocycles. The van der Waals surface area contributed by atoms with Crippen molar-refractivity contribution >= 4 is 23.4 Å². The normalized spacial score (nSPS) is 20.2. The summed E-state index contributed by atoms with van der Waals surface area (Å²) in [5, 5.41) is 9.05. The number of fused-ring (bicyclic) bond motifs is 1. The highest BCUT2D eigenvalue weighted by Gasteiger charge is 2.28. The SMILES string of the molecule is CCC(C#N)c1ccc2c(c1)SC(C)C(=O)N2C. The van der Waals surface area contributed by atoms with Crippen molar-refractivity contribution in [3.05, 3.63) is 23.8 Å². The Morgan fingerprint density at radius 3 is 2.89 bits per heavy atom. The summed E-state index contributed by atoms with van der Waals surface area (Å²) in [4.78, 5) is 14.7. The van der Waals surface area contributed by atoms with E-state index in [2.05, 4.69) is 12.1 Å². The lowest BCUT2D eigenvalue weighted by molar-refractivity contribution is -0.117. The fourth-order valence-electron chi connectivity index (χ4n) is 2.15. The molecule has 2 unspecified atom stereocenters. The van der Waals surface area contributed by atoms with Crippen LogP contribution in [0.1, 0.15) is 31.7 Å². The first-order valence-corrected chi connectivity index (χ1v) is 6.94. The van der Waals surface area contributed by atoms with Crippen molar-refractivity contribution in [2.75, 3.05) is 11.9 Å². The Morgan fingerprint density at radius 1 is 1.56 bits per heavy atom. The molecule has 1 aliphatic rings. The van der Waals surface area contributed by atoms with E-state index in [-0.39, 0.29) is 17.1 Å². The van der Waals surface area contributed by atoms with Crippen LogP contribution in [0.25, 0.3) is 0 Å². The molecule has 1 aromatic rings. The molecule has 1 aromatic carbocycles. The summed E-state index contributed by atoms with van der Waals surface area (Å²) in [6, 6.07) is 8.27. The summed E-state index contributed by atoms with van der Waals surface area (Å²) in [5.74, 6) is 0.0710. The molecule has 1 aliphatic heterocycles. The van der Waals surface area contributed by atoms with Gasteiger partial charge in [-0.25, -0.2) is 0 Å². The molecule has 0 N–H and O–H groups in total. The third-order valence-electron chi connectivity index (χ3n) is 3.29. The van der Waals surface area contributed by atoms with E-state index in [1.807, 2.05) is 26.0 Å². The van der Waals surface area contributed by atoms with Crippen molar-refractivity contribution in [1.82, 2.24) is 0 Å². The Bertz CT molecular complexity index is 521. The molecule has 0 spiro atoms. The van der Waals surface area contributed by atoms with Crippen molar-refractivity contribution in [2.24, 2.45) is 0 Å². The minimum absolute atomic E-state index is 0.0556. The molecular formula is C14H16N2OS. The predicted octanol–water partition coefficient (Wildman–Crippen LogP) is 3.16. The van der Waals surface area contributed by atoms with E-state index >= 15 is 0 Å². The highest BCUT2D eigenvalue weighted by molar-refractivity contribution is 8.01. The Kier molecular flexibility index (Phi) is 3.63. The maximum Gasteiger partial charge on any atom is 0.239 e. The van der Waals surface area contributed by atoms with Gasteiger partial charge in [-0.15, -0.1) is 11.8 Å². The number of hydrogen-bond acceptors (Lipinski definition) is 3. The van der Waals surface area contributed by atoms with Crippen molar-refractivity contribution in [3.8, 4) is 6.07 Å². The largest absolute Gasteiger partial charge is 0.313 e. The van der Waals surface area contributed by atoms with Crippen LogP contribution in [-0.4, -0.2) is 18.2 Å². The zero-order chi connectivity index (χ0) is 13.3. The van der Waals surface area contributed by atoms with Gasteiger partial charge in [-0.2, -0.15) is 5.26 Å². The predicted molar refractivity (Wildman–Crippen MR) is 73.8 cm³/mol. The number of nitrogens with zero attached hydrogens (tertiary/aromatic N) is 2. The molecule has 0 bridgehead atoms. The van der Waals surface area contributed by atoms with E-state index in [0.717, 1.165) is 22.6 Å². The number of anilines is 1. The third-order valence-corrected chi connectivity index (χ3v) is 4.43. The molecular weight excluding hydrogens is 244 g/mol. The van der Waals surface area contributed by atoms with Crippen LogP contribution >= 0.6 is 11.8 Å². The van der Waals surface area contributed by atoms with Gasteiger partial charge in [-0.05, 0) is 31.0 Å². The topological polar surface area (TPSA) is 44.1 Å². The van der Waals surface area contributed by atoms with Crippen LogP contribution in [0.2, 0.25) is 0 Å². The van der Waals surface area contributed by atoms with Gasteiger partial charge in [-0.1, -0.05) is 13.0 Å². The van der Waals surface area contributed by atoms with Crippen LogP contribution in [0.15, 0.2) is 23.1 Å². The van der Waals surface area contributed by atoms with Gasteiger partial charge in [0.25, 0.3) is 0 Å². The second kappa shape index (κ2) is 5.03. The van der Waals surface area contributed by atoms with E-state index in [1.165, 1.54) is 0 Å². The number of carbonyl (C=O) groups excluding carboxylic acids is 1. The standard InChI is InChI=1S/C14H16N2OS/c1-4-10(8-15)11-5-6-12-13(7-11)18-9(2)14(17)16(12)3/h5-7,9-10H,4H2,1-3H3. The minimum Gasteiger partial charge on any atom is -0.313 e. The summed E-state index contributed by atoms with van der Waals surface area (Å²) in [7, 11) is 1.80. The monoisotopic (exact) mass is 260 g/mol. The fourth-order valence-corrected chi connectivity index (χ4v) is 3.32. The van der Waals surface area contributed by atoms with Crippen molar-refractivity contribution in [3.63, 3.8) is 0 Å². The van der Waals surface area contributed by atoms with Crippen molar-refractivity contribution in [1.29, 1.82) is 5.26 Å². The Morgan fingerprint density at radius 2 is 2.28 bits per heavy atom. The first-order valence-electron chi connectivity index (χ1n) is 6.06. The summed E-state index contributed by atoms with van der Waals surface area (Å²) in [5.41, 5.74) is 1.99. The average molecular weight is 260 g/mol. The van der Waals surface area contributed by atoms with Crippen LogP contribution in [-0.2, 0) is 4.79 Å². The van der Waals surface area contributed by atoms with Crippen LogP contribution in [0, 0.1) is 11.3 Å². The van der Waals surface area contributed by atoms with E-state index in [1.54, 1.807) is 23.7 Å². The molecule has 94 valence electrons. The number of benzene rings is 1. The Hall–Kier alpha value is -1.47. The maximum absolute atomic E-state index is 11.9. The van der Waals surface area contributed by atoms with Crippen LogP contribution in [0.5, 0.6) is 0 Å². The molecule has 0 aromatic heterocycles. The van der Waals surface area contributed by atoms with Gasteiger partial charge in [0.15, 0.2) is 0 Å². The lowest BCUT2D eigenvalue weighted by atomic mass is 9.98. The number of rotatable bonds is 2. The number of nitriles is 1. The average Bonchev–Trinajstić information content (AvgIpc) is 2.37. The van der Waals surface area contributed by atoms with Gasteiger partial charge in [-0.3, -0.25) is 4.79 Å². The summed E-state index contributed by atoms with van der Waals surface area (Å²) >= 11 is 1.58. The smallest absolute Gasteiger partial charge is 0.239 e. The number of hydrogen-bond donors (Lipinski definition) is 0. The zero-order valence-electron chi connectivity index (χ0n) is 10.8. The van der Waals surface area contributed by atoms with E-state index < -0.39 is 0 Å². The van der Waals surface area contributed by atoms with Crippen molar-refractivity contribution in [2.45, 2.75) is 36.3 Å². The molecule has 2 rings (SSSR count). The summed E-state index contributed by atoms with van der Waals surface area (Å²) in [6.45, 7) is 3.93. The van der Waals surface area contributed by atoms with E-state index in [4.69, 9.17) is 5.26 Å². The Labute approximate surface area is 112 Å². The number of thioether (sulfide) groups is 1. The van der Waals surface area contributed by atoms with Gasteiger partial charge in [0.1, 0.15) is 0 Å². The van der Waals surface area contributed by atoms with Gasteiger partial charge in [0, 0.05) is 11.9 Å². The molecule has 1 amide bonds. The zero-order valence-corrected chi connectivity index (χ0v) is 11.6. The highest BCUT2D eigenvalue weighted by Crippen LogP contribution is 2.40. The Balaban J connectivity index is 2.42. The van der Waals surface area contributed by atoms with Crippen molar-refractivity contribution < 1.29 is 4.79 Å². The first kappa shape index (κ1) is 13.0. The van der Waals surface area contributed by atoms with Gasteiger partial charge in [0.2, 0.25) is 5.91 Å². The molecule has 0 radical (unpaired) electrons. The number of carbonyl (C=O) groups is 1. The summed E-state index contributed by atoms with van der Waals surface area (Å²) in [6.07, 6.45) is 0.810. The molecule has 0 fully saturated rings. The minimum atomic E-state index is -0.0610. The van der Waals surface area contributed by atoms with E-state index in [9.17, 15) is 4.79 Å². The van der Waals surface area contributed by atoms with E-state index in [0.29, 0.717) is 0 Å². The quantitative estimate of drug-likeness (QED) is 0.820. The van der Waals surface area contributed by atoms with Crippen LogP contribution in [0.4, 0.5) is 5.69 Å². The lowest BCUT2D eigenvalue weighted by Gasteiger charge is -2.29. The molecule has 4 heteroatoms. The first-order chi connectivity index (χ1) is 8.58. The molecule has 18 heavy (non-hydrogen) atoms. The molecule has 0 saturated heterocycles. The molecule has 3 nitrogen and oxygen atoms in total. The van der Waals surface area contributed by atoms with Crippen LogP contribution in [0.3, 0.4) is 0 Å². The highest BCUT2D eigenvalue weighted by atomic mass is 32.2. The maximum atomic E-state index is 11.9. The van der Waals surface area contributed by atoms with Crippen LogP contribution < -0.4 is 4.90 Å². The molecule has 0 aliphatic carbocycles. The molecule has 2 atom stereocenters. The fraction of sp³-hybridized carbons (Fsp3) is 0.429. The lowest BCUT2D eigenvalue weighted by Crippen LogP contribution is -2.36. The van der Waals surface area contributed by atoms with Gasteiger partial charge in [0.05, 0.1) is 22.9 Å². The van der Waals surface area contributed by atoms with Gasteiger partial charge >= 0.3 is 0 Å². The molecule has 1 heterocycles. The second-order valence-corrected chi connectivity index (χ2v) is 5.86.